The summed E-state index contributed by atoms with van der Waals surface area (Å²) < 4.78 is 5.15. The Morgan fingerprint density at radius 1 is 1.46 bits per heavy atom. The van der Waals surface area contributed by atoms with E-state index in [1.165, 1.54) is 13.3 Å². The zero-order valence-electron chi connectivity index (χ0n) is 13.2. The van der Waals surface area contributed by atoms with E-state index >= 15 is 0 Å². The topological polar surface area (TPSA) is 88.7 Å². The van der Waals surface area contributed by atoms with Crippen LogP contribution in [0.3, 0.4) is 0 Å². The number of primary amides is 1. The van der Waals surface area contributed by atoms with Gasteiger partial charge < -0.3 is 20.5 Å². The first-order valence-corrected chi connectivity index (χ1v) is 7.95. The molecule has 3 N–H and O–H groups in total. The smallest absolute Gasteiger partial charge is 0.250 e. The Morgan fingerprint density at radius 2 is 2.21 bits per heavy atom. The summed E-state index contributed by atoms with van der Waals surface area (Å²) in [4.78, 5) is 17.7. The molecule has 1 aliphatic carbocycles. The number of amides is 1. The number of hydrogen-bond donors (Lipinski definition) is 2. The van der Waals surface area contributed by atoms with E-state index in [9.17, 15) is 9.90 Å². The molecule has 24 heavy (non-hydrogen) atoms. The molecule has 3 rings (SSSR count). The lowest BCUT2D eigenvalue weighted by Crippen LogP contribution is -2.26. The third-order valence-corrected chi connectivity index (χ3v) is 4.24. The van der Waals surface area contributed by atoms with Crippen LogP contribution in [0, 0.1) is 0 Å². The summed E-state index contributed by atoms with van der Waals surface area (Å²) in [5, 5.41) is 10.1. The monoisotopic (exact) mass is 347 g/mol. The Kier molecular flexibility index (Phi) is 4.49. The van der Waals surface area contributed by atoms with Crippen molar-refractivity contribution in [2.45, 2.75) is 25.4 Å². The second-order valence-electron chi connectivity index (χ2n) is 5.76. The van der Waals surface area contributed by atoms with Crippen LogP contribution in [0.2, 0.25) is 5.02 Å². The van der Waals surface area contributed by atoms with Crippen molar-refractivity contribution >= 4 is 23.3 Å². The Hall–Kier alpha value is -2.47. The highest BCUT2D eigenvalue weighted by molar-refractivity contribution is 6.33. The summed E-state index contributed by atoms with van der Waals surface area (Å²) in [6.45, 7) is 0.573. The fourth-order valence-corrected chi connectivity index (χ4v) is 2.83. The fraction of sp³-hybridized carbons (Fsp3) is 0.294. The highest BCUT2D eigenvalue weighted by Crippen LogP contribution is 2.36. The van der Waals surface area contributed by atoms with Crippen molar-refractivity contribution in [2.24, 2.45) is 5.73 Å². The number of carbonyl (C=O) groups is 1. The molecule has 0 saturated heterocycles. The molecule has 0 radical (unpaired) electrons. The molecular weight excluding hydrogens is 330 g/mol. The van der Waals surface area contributed by atoms with Crippen LogP contribution >= 0.6 is 11.6 Å². The molecule has 1 aliphatic rings. The molecule has 1 amide bonds. The van der Waals surface area contributed by atoms with Crippen molar-refractivity contribution < 1.29 is 14.6 Å². The van der Waals surface area contributed by atoms with Gasteiger partial charge in [-0.3, -0.25) is 4.79 Å². The number of anilines is 1. The van der Waals surface area contributed by atoms with Gasteiger partial charge in [0.15, 0.2) is 11.5 Å². The van der Waals surface area contributed by atoms with Gasteiger partial charge in [0.1, 0.15) is 5.82 Å². The van der Waals surface area contributed by atoms with Crippen molar-refractivity contribution in [1.82, 2.24) is 4.98 Å². The number of hydrogen-bond acceptors (Lipinski definition) is 5. The van der Waals surface area contributed by atoms with Crippen LogP contribution in [0.5, 0.6) is 11.5 Å². The molecule has 1 saturated carbocycles. The fourth-order valence-electron chi connectivity index (χ4n) is 2.56. The maximum Gasteiger partial charge on any atom is 0.250 e. The average molecular weight is 348 g/mol. The molecular formula is C17H18ClN3O3. The number of benzene rings is 1. The van der Waals surface area contributed by atoms with Gasteiger partial charge in [0.2, 0.25) is 5.91 Å². The number of aromatic hydroxyl groups is 1. The zero-order chi connectivity index (χ0) is 17.3. The molecule has 6 nitrogen and oxygen atoms in total. The number of phenolic OH excluding ortho intramolecular Hbond substituents is 1. The van der Waals surface area contributed by atoms with Crippen molar-refractivity contribution in [1.29, 1.82) is 0 Å². The zero-order valence-corrected chi connectivity index (χ0v) is 14.0. The molecule has 0 aliphatic heterocycles. The van der Waals surface area contributed by atoms with Crippen molar-refractivity contribution in [3.05, 3.63) is 46.6 Å². The summed E-state index contributed by atoms with van der Waals surface area (Å²) in [5.74, 6) is 0.584. The van der Waals surface area contributed by atoms with Gasteiger partial charge in [-0.15, -0.1) is 0 Å². The number of ether oxygens (including phenoxy) is 1. The molecule has 0 unspecified atom stereocenters. The van der Waals surface area contributed by atoms with Gasteiger partial charge in [0, 0.05) is 18.8 Å². The van der Waals surface area contributed by atoms with Crippen LogP contribution in [0.15, 0.2) is 30.5 Å². The Morgan fingerprint density at radius 3 is 2.79 bits per heavy atom. The molecule has 1 fully saturated rings. The number of halogens is 1. The molecule has 7 heteroatoms. The molecule has 0 atom stereocenters. The van der Waals surface area contributed by atoms with Gasteiger partial charge in [0.05, 0.1) is 17.7 Å². The van der Waals surface area contributed by atoms with E-state index in [1.54, 1.807) is 18.2 Å². The van der Waals surface area contributed by atoms with Crippen LogP contribution in [-0.4, -0.2) is 29.1 Å². The van der Waals surface area contributed by atoms with Crippen molar-refractivity contribution in [3.63, 3.8) is 0 Å². The van der Waals surface area contributed by atoms with E-state index in [1.807, 2.05) is 6.07 Å². The summed E-state index contributed by atoms with van der Waals surface area (Å²) in [7, 11) is 1.51. The van der Waals surface area contributed by atoms with Crippen LogP contribution in [0.1, 0.15) is 28.8 Å². The first-order valence-electron chi connectivity index (χ1n) is 7.57. The van der Waals surface area contributed by atoms with Gasteiger partial charge in [0.25, 0.3) is 0 Å². The molecule has 0 bridgehead atoms. The van der Waals surface area contributed by atoms with E-state index in [-0.39, 0.29) is 11.3 Å². The number of nitrogens with two attached hydrogens (primary N) is 1. The standard InChI is InChI=1S/C17H18ClN3O3/c1-24-15-6-10(2-5-14(15)22)9-21(12-3-4-12)17-13(18)7-11(8-20-17)16(19)23/h2,5-8,12,22H,3-4,9H2,1H3,(H2,19,23). The number of methoxy groups -OCH3 is 1. The van der Waals surface area contributed by atoms with Gasteiger partial charge in [-0.25, -0.2) is 4.98 Å². The molecule has 2 aromatic rings. The van der Waals surface area contributed by atoms with Gasteiger partial charge >= 0.3 is 0 Å². The summed E-state index contributed by atoms with van der Waals surface area (Å²) in [6.07, 6.45) is 3.56. The van der Waals surface area contributed by atoms with E-state index < -0.39 is 5.91 Å². The first kappa shape index (κ1) is 16.4. The highest BCUT2D eigenvalue weighted by atomic mass is 35.5. The molecule has 1 heterocycles. The minimum atomic E-state index is -0.558. The van der Waals surface area contributed by atoms with E-state index in [4.69, 9.17) is 22.1 Å². The summed E-state index contributed by atoms with van der Waals surface area (Å²) in [5.41, 5.74) is 6.51. The van der Waals surface area contributed by atoms with Crippen LogP contribution in [0.25, 0.3) is 0 Å². The number of rotatable bonds is 6. The second-order valence-corrected chi connectivity index (χ2v) is 6.17. The van der Waals surface area contributed by atoms with Crippen molar-refractivity contribution in [3.8, 4) is 11.5 Å². The SMILES string of the molecule is COc1cc(CN(c2ncc(C(N)=O)cc2Cl)C2CC2)ccc1O. The average Bonchev–Trinajstić information content (AvgIpc) is 3.39. The maximum absolute atomic E-state index is 11.2. The first-order chi connectivity index (χ1) is 11.5. The largest absolute Gasteiger partial charge is 0.504 e. The summed E-state index contributed by atoms with van der Waals surface area (Å²) >= 11 is 6.31. The number of phenols is 1. The van der Waals surface area contributed by atoms with Gasteiger partial charge in [-0.2, -0.15) is 0 Å². The molecule has 0 spiro atoms. The molecule has 1 aromatic heterocycles. The Labute approximate surface area is 144 Å². The lowest BCUT2D eigenvalue weighted by atomic mass is 10.1. The molecule has 126 valence electrons. The maximum atomic E-state index is 11.2. The number of carbonyl (C=O) groups excluding carboxylic acids is 1. The number of pyridine rings is 1. The van der Waals surface area contributed by atoms with Crippen molar-refractivity contribution in [2.75, 3.05) is 12.0 Å². The highest BCUT2D eigenvalue weighted by Gasteiger charge is 2.31. The lowest BCUT2D eigenvalue weighted by molar-refractivity contribution is 0.1000. The predicted molar refractivity (Wildman–Crippen MR) is 91.6 cm³/mol. The quantitative estimate of drug-likeness (QED) is 0.838. The minimum Gasteiger partial charge on any atom is -0.504 e. The van der Waals surface area contributed by atoms with Gasteiger partial charge in [-0.1, -0.05) is 17.7 Å². The normalized spacial score (nSPS) is 13.6. The predicted octanol–water partition coefficient (Wildman–Crippen LogP) is 2.72. The molecule has 1 aromatic carbocycles. The van der Waals surface area contributed by atoms with Crippen LogP contribution in [-0.2, 0) is 6.54 Å². The Balaban J connectivity index is 1.90. The Bertz CT molecular complexity index is 778. The van der Waals surface area contributed by atoms with E-state index in [0.29, 0.717) is 29.2 Å². The van der Waals surface area contributed by atoms with Crippen LogP contribution in [0.4, 0.5) is 5.82 Å². The second kappa shape index (κ2) is 6.57. The third kappa shape index (κ3) is 3.38. The number of aromatic nitrogens is 1. The summed E-state index contributed by atoms with van der Waals surface area (Å²) in [6, 6.07) is 7.12. The third-order valence-electron chi connectivity index (χ3n) is 3.96. The van der Waals surface area contributed by atoms with E-state index in [2.05, 4.69) is 9.88 Å². The lowest BCUT2D eigenvalue weighted by Gasteiger charge is -2.25. The van der Waals surface area contributed by atoms with Crippen LogP contribution < -0.4 is 15.4 Å². The number of nitrogens with zero attached hydrogens (tertiary/aromatic N) is 2. The minimum absolute atomic E-state index is 0.0983. The van der Waals surface area contributed by atoms with Gasteiger partial charge in [-0.05, 0) is 36.6 Å². The van der Waals surface area contributed by atoms with E-state index in [0.717, 1.165) is 18.4 Å².